The van der Waals surface area contributed by atoms with E-state index in [9.17, 15) is 9.90 Å². The molecule has 1 saturated carbocycles. The SMILES string of the molecule is CC(C)Oc1ccc(-n2nnc(C(=O)O)c2C2CC2)cc1. The van der Waals surface area contributed by atoms with Crippen LogP contribution in [-0.2, 0) is 0 Å². The summed E-state index contributed by atoms with van der Waals surface area (Å²) >= 11 is 0. The Balaban J connectivity index is 1.95. The van der Waals surface area contributed by atoms with Gasteiger partial charge in [0.25, 0.3) is 0 Å². The molecule has 0 atom stereocenters. The lowest BCUT2D eigenvalue weighted by atomic mass is 10.2. The number of aromatic nitrogens is 3. The first-order valence-electron chi connectivity index (χ1n) is 7.02. The Labute approximate surface area is 122 Å². The lowest BCUT2D eigenvalue weighted by Crippen LogP contribution is -2.07. The van der Waals surface area contributed by atoms with Crippen molar-refractivity contribution in [1.29, 1.82) is 0 Å². The normalized spacial score (nSPS) is 14.4. The highest BCUT2D eigenvalue weighted by atomic mass is 16.5. The number of carboxylic acid groups (broad SMARTS) is 1. The van der Waals surface area contributed by atoms with Crippen molar-refractivity contribution in [3.63, 3.8) is 0 Å². The molecule has 0 radical (unpaired) electrons. The molecule has 3 rings (SSSR count). The van der Waals surface area contributed by atoms with Crippen molar-refractivity contribution in [3.05, 3.63) is 35.7 Å². The number of nitrogens with zero attached hydrogens (tertiary/aromatic N) is 3. The molecule has 0 saturated heterocycles. The van der Waals surface area contributed by atoms with Crippen molar-refractivity contribution in [3.8, 4) is 11.4 Å². The fourth-order valence-electron chi connectivity index (χ4n) is 2.29. The molecule has 110 valence electrons. The second-order valence-corrected chi connectivity index (χ2v) is 5.48. The predicted octanol–water partition coefficient (Wildman–Crippen LogP) is 2.63. The molecule has 0 aliphatic heterocycles. The van der Waals surface area contributed by atoms with Gasteiger partial charge in [-0.15, -0.1) is 5.10 Å². The van der Waals surface area contributed by atoms with Crippen LogP contribution in [-0.4, -0.2) is 32.2 Å². The molecule has 0 bridgehead atoms. The summed E-state index contributed by atoms with van der Waals surface area (Å²) in [6.45, 7) is 3.94. The number of carbonyl (C=O) groups is 1. The van der Waals surface area contributed by atoms with E-state index in [2.05, 4.69) is 10.3 Å². The quantitative estimate of drug-likeness (QED) is 0.914. The first kappa shape index (κ1) is 13.6. The molecule has 2 aromatic rings. The fraction of sp³-hybridized carbons (Fsp3) is 0.400. The van der Waals surface area contributed by atoms with Gasteiger partial charge in [-0.25, -0.2) is 9.48 Å². The van der Waals surface area contributed by atoms with Gasteiger partial charge in [0.2, 0.25) is 0 Å². The molecule has 1 aliphatic rings. The summed E-state index contributed by atoms with van der Waals surface area (Å²) < 4.78 is 7.22. The third-order valence-corrected chi connectivity index (χ3v) is 3.32. The van der Waals surface area contributed by atoms with Gasteiger partial charge in [0.1, 0.15) is 5.75 Å². The summed E-state index contributed by atoms with van der Waals surface area (Å²) in [7, 11) is 0. The smallest absolute Gasteiger partial charge is 0.358 e. The molecular formula is C15H17N3O3. The Morgan fingerprint density at radius 2 is 2.00 bits per heavy atom. The highest BCUT2D eigenvalue weighted by Crippen LogP contribution is 2.42. The van der Waals surface area contributed by atoms with E-state index in [0.717, 1.165) is 24.3 Å². The number of hydrogen-bond acceptors (Lipinski definition) is 4. The molecule has 0 amide bonds. The van der Waals surface area contributed by atoms with Crippen LogP contribution in [0.25, 0.3) is 5.69 Å². The molecule has 1 aliphatic carbocycles. The van der Waals surface area contributed by atoms with E-state index in [1.165, 1.54) is 0 Å². The Morgan fingerprint density at radius 3 is 2.52 bits per heavy atom. The first-order valence-corrected chi connectivity index (χ1v) is 7.02. The number of aromatic carboxylic acids is 1. The van der Waals surface area contributed by atoms with E-state index in [1.54, 1.807) is 4.68 Å². The summed E-state index contributed by atoms with van der Waals surface area (Å²) in [6, 6.07) is 7.44. The number of hydrogen-bond donors (Lipinski definition) is 1. The molecule has 1 heterocycles. The highest BCUT2D eigenvalue weighted by Gasteiger charge is 2.34. The fourth-order valence-corrected chi connectivity index (χ4v) is 2.29. The van der Waals surface area contributed by atoms with Gasteiger partial charge in [0.15, 0.2) is 5.69 Å². The third-order valence-electron chi connectivity index (χ3n) is 3.32. The summed E-state index contributed by atoms with van der Waals surface area (Å²) in [5.41, 5.74) is 1.55. The number of carboxylic acids is 1. The molecule has 1 fully saturated rings. The van der Waals surface area contributed by atoms with Crippen LogP contribution in [0.15, 0.2) is 24.3 Å². The van der Waals surface area contributed by atoms with Gasteiger partial charge in [0.05, 0.1) is 17.5 Å². The summed E-state index contributed by atoms with van der Waals surface area (Å²) in [5.74, 6) is 0.000831. The maximum atomic E-state index is 11.2. The average molecular weight is 287 g/mol. The van der Waals surface area contributed by atoms with E-state index in [-0.39, 0.29) is 17.7 Å². The Hall–Kier alpha value is -2.37. The molecule has 1 aromatic heterocycles. The van der Waals surface area contributed by atoms with Gasteiger partial charge >= 0.3 is 5.97 Å². The molecule has 21 heavy (non-hydrogen) atoms. The zero-order chi connectivity index (χ0) is 15.0. The lowest BCUT2D eigenvalue weighted by molar-refractivity contribution is 0.0689. The minimum atomic E-state index is -1.03. The monoisotopic (exact) mass is 287 g/mol. The summed E-state index contributed by atoms with van der Waals surface area (Å²) in [6.07, 6.45) is 2.09. The minimum Gasteiger partial charge on any atom is -0.491 e. The van der Waals surface area contributed by atoms with Gasteiger partial charge in [0, 0.05) is 5.92 Å². The maximum absolute atomic E-state index is 11.2. The minimum absolute atomic E-state index is 0.0556. The maximum Gasteiger partial charge on any atom is 0.358 e. The molecule has 1 N–H and O–H groups in total. The van der Waals surface area contributed by atoms with E-state index in [1.807, 2.05) is 38.1 Å². The first-order chi connectivity index (χ1) is 10.1. The summed E-state index contributed by atoms with van der Waals surface area (Å²) in [4.78, 5) is 11.2. The van der Waals surface area contributed by atoms with Crippen LogP contribution in [0.1, 0.15) is 48.8 Å². The van der Waals surface area contributed by atoms with Crippen molar-refractivity contribution >= 4 is 5.97 Å². The van der Waals surface area contributed by atoms with E-state index >= 15 is 0 Å². The predicted molar refractivity (Wildman–Crippen MR) is 76.1 cm³/mol. The van der Waals surface area contributed by atoms with Crippen LogP contribution in [0, 0.1) is 0 Å². The average Bonchev–Trinajstić information content (AvgIpc) is 3.17. The number of ether oxygens (including phenoxy) is 1. The van der Waals surface area contributed by atoms with E-state index < -0.39 is 5.97 Å². The van der Waals surface area contributed by atoms with Crippen molar-refractivity contribution in [2.45, 2.75) is 38.7 Å². The molecule has 0 unspecified atom stereocenters. The van der Waals surface area contributed by atoms with Crippen molar-refractivity contribution < 1.29 is 14.6 Å². The largest absolute Gasteiger partial charge is 0.491 e. The second-order valence-electron chi connectivity index (χ2n) is 5.48. The number of rotatable bonds is 5. The highest BCUT2D eigenvalue weighted by molar-refractivity contribution is 5.87. The van der Waals surface area contributed by atoms with Gasteiger partial charge in [-0.05, 0) is 51.0 Å². The van der Waals surface area contributed by atoms with Crippen LogP contribution in [0.2, 0.25) is 0 Å². The van der Waals surface area contributed by atoms with Crippen LogP contribution in [0.4, 0.5) is 0 Å². The zero-order valence-electron chi connectivity index (χ0n) is 12.0. The van der Waals surface area contributed by atoms with Crippen LogP contribution >= 0.6 is 0 Å². The Morgan fingerprint density at radius 1 is 1.33 bits per heavy atom. The molecular weight excluding hydrogens is 270 g/mol. The Bertz CT molecular complexity index is 657. The molecule has 0 spiro atoms. The zero-order valence-corrected chi connectivity index (χ0v) is 12.0. The second kappa shape index (κ2) is 5.20. The standard InChI is InChI=1S/C15H17N3O3/c1-9(2)21-12-7-5-11(6-8-12)18-14(10-3-4-10)13(15(19)20)16-17-18/h5-10H,3-4H2,1-2H3,(H,19,20). The van der Waals surface area contributed by atoms with E-state index in [0.29, 0.717) is 5.69 Å². The van der Waals surface area contributed by atoms with Crippen molar-refractivity contribution in [2.24, 2.45) is 0 Å². The van der Waals surface area contributed by atoms with Crippen LogP contribution < -0.4 is 4.74 Å². The van der Waals surface area contributed by atoms with Gasteiger partial charge < -0.3 is 9.84 Å². The van der Waals surface area contributed by atoms with Crippen molar-refractivity contribution in [1.82, 2.24) is 15.0 Å². The lowest BCUT2D eigenvalue weighted by Gasteiger charge is -2.11. The molecule has 1 aromatic carbocycles. The van der Waals surface area contributed by atoms with Gasteiger partial charge in [-0.2, -0.15) is 0 Å². The third kappa shape index (κ3) is 2.74. The molecule has 6 heteroatoms. The van der Waals surface area contributed by atoms with E-state index in [4.69, 9.17) is 4.74 Å². The Kier molecular flexibility index (Phi) is 3.37. The summed E-state index contributed by atoms with van der Waals surface area (Å²) in [5, 5.41) is 17.0. The van der Waals surface area contributed by atoms with Crippen LogP contribution in [0.5, 0.6) is 5.75 Å². The van der Waals surface area contributed by atoms with Crippen molar-refractivity contribution in [2.75, 3.05) is 0 Å². The van der Waals surface area contributed by atoms with Gasteiger partial charge in [-0.3, -0.25) is 0 Å². The number of benzene rings is 1. The van der Waals surface area contributed by atoms with Gasteiger partial charge in [-0.1, -0.05) is 5.21 Å². The molecule has 6 nitrogen and oxygen atoms in total. The topological polar surface area (TPSA) is 77.2 Å². The van der Waals surface area contributed by atoms with Crippen LogP contribution in [0.3, 0.4) is 0 Å².